The number of aromatic hydroxyl groups is 1. The molecule has 0 aromatic heterocycles. The molecule has 2 atom stereocenters. The largest absolute Gasteiger partial charge is 0.508 e. The van der Waals surface area contributed by atoms with E-state index in [1.54, 1.807) is 46.8 Å². The molecule has 0 heterocycles. The lowest BCUT2D eigenvalue weighted by Gasteiger charge is -2.33. The van der Waals surface area contributed by atoms with Gasteiger partial charge < -0.3 is 25.4 Å². The summed E-state index contributed by atoms with van der Waals surface area (Å²) in [5.41, 5.74) is 2.25. The van der Waals surface area contributed by atoms with Crippen molar-refractivity contribution in [1.29, 1.82) is 0 Å². The van der Waals surface area contributed by atoms with Gasteiger partial charge >= 0.3 is 6.09 Å². The number of hydrogen-bond donors (Lipinski definition) is 3. The van der Waals surface area contributed by atoms with Crippen molar-refractivity contribution in [3.05, 3.63) is 59.2 Å². The zero-order valence-corrected chi connectivity index (χ0v) is 21.8. The third-order valence-corrected chi connectivity index (χ3v) is 5.53. The molecule has 0 aliphatic rings. The molecule has 0 aliphatic heterocycles. The van der Waals surface area contributed by atoms with Gasteiger partial charge in [0, 0.05) is 12.7 Å². The molecule has 3 amide bonds. The molecule has 8 nitrogen and oxygen atoms in total. The van der Waals surface area contributed by atoms with Gasteiger partial charge in [0.1, 0.15) is 23.4 Å². The number of hydrogen-bond acceptors (Lipinski definition) is 5. The van der Waals surface area contributed by atoms with Crippen LogP contribution in [0.1, 0.15) is 57.4 Å². The van der Waals surface area contributed by atoms with Crippen LogP contribution >= 0.6 is 0 Å². The minimum atomic E-state index is -1.01. The van der Waals surface area contributed by atoms with E-state index in [-0.39, 0.29) is 11.7 Å². The number of alkyl carbamates (subject to hydrolysis) is 1. The van der Waals surface area contributed by atoms with Crippen LogP contribution in [0.15, 0.2) is 42.5 Å². The van der Waals surface area contributed by atoms with Gasteiger partial charge in [-0.05, 0) is 69.4 Å². The SMILES string of the molecule is Cc1cccc(C)c1NC(=O)C(c1ccc(O)cc1)N(C)C(=O)C(NC(=O)OC(C)(C)C)C(C)C. The van der Waals surface area contributed by atoms with Crippen molar-refractivity contribution in [3.63, 3.8) is 0 Å². The summed E-state index contributed by atoms with van der Waals surface area (Å²) in [6.07, 6.45) is -0.709. The minimum absolute atomic E-state index is 0.0447. The Hall–Kier alpha value is -3.55. The minimum Gasteiger partial charge on any atom is -0.508 e. The maximum atomic E-state index is 13.6. The van der Waals surface area contributed by atoms with E-state index in [0.29, 0.717) is 11.3 Å². The molecule has 2 aromatic carbocycles. The van der Waals surface area contributed by atoms with Gasteiger partial charge in [0.05, 0.1) is 0 Å². The lowest BCUT2D eigenvalue weighted by atomic mass is 9.99. The molecule has 2 aromatic rings. The number of likely N-dealkylation sites (N-methyl/N-ethyl adjacent to an activating group) is 1. The first-order chi connectivity index (χ1) is 16.2. The van der Waals surface area contributed by atoms with E-state index in [1.807, 2.05) is 32.0 Å². The predicted molar refractivity (Wildman–Crippen MR) is 136 cm³/mol. The average Bonchev–Trinajstić information content (AvgIpc) is 2.74. The maximum Gasteiger partial charge on any atom is 0.408 e. The van der Waals surface area contributed by atoms with Crippen LogP contribution in [0.25, 0.3) is 0 Å². The van der Waals surface area contributed by atoms with Gasteiger partial charge in [-0.25, -0.2) is 4.79 Å². The molecule has 2 rings (SSSR count). The zero-order chi connectivity index (χ0) is 26.5. The normalized spacial score (nSPS) is 13.1. The van der Waals surface area contributed by atoms with Crippen molar-refractivity contribution in [3.8, 4) is 5.75 Å². The number of carbonyl (C=O) groups is 3. The number of amides is 3. The Balaban J connectivity index is 2.40. The summed E-state index contributed by atoms with van der Waals surface area (Å²) < 4.78 is 5.33. The van der Waals surface area contributed by atoms with E-state index >= 15 is 0 Å². The Kier molecular flexibility index (Phi) is 8.90. The van der Waals surface area contributed by atoms with Crippen LogP contribution in [0, 0.1) is 19.8 Å². The third-order valence-electron chi connectivity index (χ3n) is 5.53. The molecular weight excluding hydrogens is 446 g/mol. The van der Waals surface area contributed by atoms with E-state index in [2.05, 4.69) is 10.6 Å². The molecule has 0 spiro atoms. The van der Waals surface area contributed by atoms with E-state index in [4.69, 9.17) is 4.74 Å². The number of anilines is 1. The van der Waals surface area contributed by atoms with Crippen LogP contribution in [0.3, 0.4) is 0 Å². The second kappa shape index (κ2) is 11.3. The predicted octanol–water partition coefficient (Wildman–Crippen LogP) is 4.70. The molecule has 0 bridgehead atoms. The van der Waals surface area contributed by atoms with Crippen molar-refractivity contribution in [1.82, 2.24) is 10.2 Å². The van der Waals surface area contributed by atoms with Crippen molar-refractivity contribution in [2.75, 3.05) is 12.4 Å². The fourth-order valence-electron chi connectivity index (χ4n) is 3.71. The first-order valence-electron chi connectivity index (χ1n) is 11.6. The van der Waals surface area contributed by atoms with Gasteiger partial charge in [-0.3, -0.25) is 9.59 Å². The van der Waals surface area contributed by atoms with E-state index < -0.39 is 35.6 Å². The molecule has 35 heavy (non-hydrogen) atoms. The fourth-order valence-corrected chi connectivity index (χ4v) is 3.71. The van der Waals surface area contributed by atoms with E-state index in [9.17, 15) is 19.5 Å². The molecule has 3 N–H and O–H groups in total. The quantitative estimate of drug-likeness (QED) is 0.529. The number of rotatable bonds is 7. The Bertz CT molecular complexity index is 1040. The monoisotopic (exact) mass is 483 g/mol. The highest BCUT2D eigenvalue weighted by Crippen LogP contribution is 2.27. The number of ether oxygens (including phenoxy) is 1. The summed E-state index contributed by atoms with van der Waals surface area (Å²) in [6.45, 7) is 12.6. The lowest BCUT2D eigenvalue weighted by Crippen LogP contribution is -2.53. The molecule has 8 heteroatoms. The molecule has 0 saturated heterocycles. The number of carbonyl (C=O) groups excluding carboxylic acids is 3. The van der Waals surface area contributed by atoms with Crippen LogP contribution in [0.5, 0.6) is 5.75 Å². The number of nitrogens with one attached hydrogen (secondary N) is 2. The van der Waals surface area contributed by atoms with Gasteiger partial charge in [-0.2, -0.15) is 0 Å². The molecule has 0 radical (unpaired) electrons. The fraction of sp³-hybridized carbons (Fsp3) is 0.444. The topological polar surface area (TPSA) is 108 Å². The number of benzene rings is 2. The van der Waals surface area contributed by atoms with Crippen LogP contribution in [-0.2, 0) is 14.3 Å². The Morgan fingerprint density at radius 3 is 2.00 bits per heavy atom. The highest BCUT2D eigenvalue weighted by Gasteiger charge is 2.35. The summed E-state index contributed by atoms with van der Waals surface area (Å²) in [6, 6.07) is 9.89. The van der Waals surface area contributed by atoms with Gasteiger partial charge in [0.15, 0.2) is 0 Å². The summed E-state index contributed by atoms with van der Waals surface area (Å²) in [5.74, 6) is -1.08. The van der Waals surface area contributed by atoms with Crippen molar-refractivity contribution in [2.45, 2.75) is 66.2 Å². The zero-order valence-electron chi connectivity index (χ0n) is 21.8. The Morgan fingerprint density at radius 1 is 0.971 bits per heavy atom. The van der Waals surface area contributed by atoms with Crippen molar-refractivity contribution in [2.24, 2.45) is 5.92 Å². The number of phenols is 1. The summed E-state index contributed by atoms with van der Waals surface area (Å²) in [7, 11) is 1.52. The van der Waals surface area contributed by atoms with E-state index in [1.165, 1.54) is 24.1 Å². The van der Waals surface area contributed by atoms with Gasteiger partial charge in [-0.15, -0.1) is 0 Å². The second-order valence-electron chi connectivity index (χ2n) is 10.1. The maximum absolute atomic E-state index is 13.6. The molecule has 190 valence electrons. The summed E-state index contributed by atoms with van der Waals surface area (Å²) in [5, 5.41) is 15.4. The third kappa shape index (κ3) is 7.47. The molecular formula is C27H37N3O5. The molecule has 0 aliphatic carbocycles. The summed E-state index contributed by atoms with van der Waals surface area (Å²) >= 11 is 0. The Labute approximate surface area is 207 Å². The smallest absolute Gasteiger partial charge is 0.408 e. The number of para-hydroxylation sites is 1. The first-order valence-corrected chi connectivity index (χ1v) is 11.6. The average molecular weight is 484 g/mol. The lowest BCUT2D eigenvalue weighted by molar-refractivity contribution is -0.140. The number of nitrogens with zero attached hydrogens (tertiary/aromatic N) is 1. The number of aryl methyl sites for hydroxylation is 2. The van der Waals surface area contributed by atoms with Crippen molar-refractivity contribution >= 4 is 23.6 Å². The highest BCUT2D eigenvalue weighted by atomic mass is 16.6. The van der Waals surface area contributed by atoms with Crippen LogP contribution in [-0.4, -0.2) is 46.6 Å². The van der Waals surface area contributed by atoms with Gasteiger partial charge in [0.25, 0.3) is 5.91 Å². The van der Waals surface area contributed by atoms with Crippen LogP contribution < -0.4 is 10.6 Å². The first kappa shape index (κ1) is 27.7. The van der Waals surface area contributed by atoms with Crippen molar-refractivity contribution < 1.29 is 24.2 Å². The van der Waals surface area contributed by atoms with Gasteiger partial charge in [-0.1, -0.05) is 44.2 Å². The second-order valence-corrected chi connectivity index (χ2v) is 10.1. The van der Waals surface area contributed by atoms with E-state index in [0.717, 1.165) is 11.1 Å². The molecule has 2 unspecified atom stereocenters. The Morgan fingerprint density at radius 2 is 1.51 bits per heavy atom. The molecule has 0 saturated carbocycles. The van der Waals surface area contributed by atoms with Gasteiger partial charge in [0.2, 0.25) is 5.91 Å². The molecule has 0 fully saturated rings. The van der Waals surface area contributed by atoms with Crippen LogP contribution in [0.4, 0.5) is 10.5 Å². The standard InChI is InChI=1S/C27H37N3O5/c1-16(2)21(29-26(34)35-27(5,6)7)25(33)30(8)23(19-12-14-20(31)15-13-19)24(32)28-22-17(3)10-9-11-18(22)4/h9-16,21,23,31H,1-8H3,(H,28,32)(H,29,34). The highest BCUT2D eigenvalue weighted by molar-refractivity contribution is 5.99. The van der Waals surface area contributed by atoms with Crippen LogP contribution in [0.2, 0.25) is 0 Å². The summed E-state index contributed by atoms with van der Waals surface area (Å²) in [4.78, 5) is 40.9. The number of phenolic OH excluding ortho intramolecular Hbond substituents is 1.